The fraction of sp³-hybridized carbons (Fsp3) is 1.00. The van der Waals surface area contributed by atoms with Gasteiger partial charge in [-0.15, -0.1) is 0 Å². The zero-order chi connectivity index (χ0) is 12.0. The molecule has 16 heavy (non-hydrogen) atoms. The Morgan fingerprint density at radius 1 is 1.31 bits per heavy atom. The molecule has 1 aliphatic rings. The summed E-state index contributed by atoms with van der Waals surface area (Å²) in [6.45, 7) is 6.75. The van der Waals surface area contributed by atoms with E-state index in [-0.39, 0.29) is 6.61 Å². The molecule has 0 spiro atoms. The summed E-state index contributed by atoms with van der Waals surface area (Å²) in [4.78, 5) is 2.49. The minimum atomic E-state index is 0.284. The molecule has 0 aromatic carbocycles. The summed E-state index contributed by atoms with van der Waals surface area (Å²) in [5, 5.41) is 9.16. The molecule has 0 aromatic heterocycles. The Kier molecular flexibility index (Phi) is 6.16. The van der Waals surface area contributed by atoms with Gasteiger partial charge in [-0.05, 0) is 36.9 Å². The van der Waals surface area contributed by atoms with Crippen LogP contribution in [0.2, 0.25) is 0 Å². The van der Waals surface area contributed by atoms with Crippen molar-refractivity contribution in [2.45, 2.75) is 52.0 Å². The first-order valence-corrected chi connectivity index (χ1v) is 7.30. The molecular formula is C13H27NOS. The predicted molar refractivity (Wildman–Crippen MR) is 73.2 cm³/mol. The van der Waals surface area contributed by atoms with Crippen molar-refractivity contribution in [3.63, 3.8) is 0 Å². The fourth-order valence-corrected chi connectivity index (χ4v) is 3.00. The van der Waals surface area contributed by atoms with E-state index in [1.54, 1.807) is 0 Å². The second-order valence-electron chi connectivity index (χ2n) is 5.14. The van der Waals surface area contributed by atoms with E-state index in [2.05, 4.69) is 31.4 Å². The summed E-state index contributed by atoms with van der Waals surface area (Å²) in [6, 6.07) is 0.726. The van der Waals surface area contributed by atoms with E-state index in [9.17, 15) is 0 Å². The highest BCUT2D eigenvalue weighted by atomic mass is 32.1. The van der Waals surface area contributed by atoms with Crippen molar-refractivity contribution in [3.8, 4) is 0 Å². The van der Waals surface area contributed by atoms with Gasteiger partial charge in [-0.25, -0.2) is 0 Å². The van der Waals surface area contributed by atoms with Crippen LogP contribution in [0.1, 0.15) is 46.0 Å². The Hall–Kier alpha value is 0.270. The number of thiol groups is 1. The maximum absolute atomic E-state index is 9.16. The molecule has 0 heterocycles. The van der Waals surface area contributed by atoms with Gasteiger partial charge in [-0.3, -0.25) is 4.90 Å². The summed E-state index contributed by atoms with van der Waals surface area (Å²) >= 11 is 4.53. The van der Waals surface area contributed by atoms with Crippen LogP contribution >= 0.6 is 12.6 Å². The lowest BCUT2D eigenvalue weighted by molar-refractivity contribution is 0.0572. The van der Waals surface area contributed by atoms with Crippen LogP contribution < -0.4 is 0 Å². The Labute approximate surface area is 106 Å². The Bertz CT molecular complexity index is 182. The maximum atomic E-state index is 9.16. The number of nitrogens with zero attached hydrogens (tertiary/aromatic N) is 1. The van der Waals surface area contributed by atoms with Gasteiger partial charge in [0, 0.05) is 19.1 Å². The van der Waals surface area contributed by atoms with Crippen molar-refractivity contribution in [1.82, 2.24) is 4.90 Å². The predicted octanol–water partition coefficient (Wildman–Crippen LogP) is 2.57. The Balaban J connectivity index is 2.56. The summed E-state index contributed by atoms with van der Waals surface area (Å²) in [6.07, 6.45) is 6.36. The molecule has 96 valence electrons. The summed E-state index contributed by atoms with van der Waals surface area (Å²) in [5.74, 6) is 0.953. The first-order chi connectivity index (χ1) is 7.71. The number of hydrogen-bond donors (Lipinski definition) is 2. The van der Waals surface area contributed by atoms with Gasteiger partial charge in [0.1, 0.15) is 0 Å². The van der Waals surface area contributed by atoms with Crippen molar-refractivity contribution in [1.29, 1.82) is 0 Å². The van der Waals surface area contributed by atoms with Crippen LogP contribution in [-0.2, 0) is 0 Å². The van der Waals surface area contributed by atoms with E-state index in [0.717, 1.165) is 24.9 Å². The van der Waals surface area contributed by atoms with Crippen molar-refractivity contribution in [3.05, 3.63) is 0 Å². The smallest absolute Gasteiger partial charge is 0.0558 e. The maximum Gasteiger partial charge on any atom is 0.0558 e. The minimum absolute atomic E-state index is 0.284. The number of aliphatic hydroxyl groups is 1. The first kappa shape index (κ1) is 14.3. The number of hydrogen-bond acceptors (Lipinski definition) is 3. The molecule has 0 aliphatic heterocycles. The SMILES string of the molecule is CCC(CC)(CS)CN(CCO)C1CCC1. The zero-order valence-electron chi connectivity index (χ0n) is 10.8. The lowest BCUT2D eigenvalue weighted by atomic mass is 9.82. The van der Waals surface area contributed by atoms with Crippen LogP contribution in [-0.4, -0.2) is 41.5 Å². The molecule has 1 saturated carbocycles. The lowest BCUT2D eigenvalue weighted by Crippen LogP contribution is -2.48. The fourth-order valence-electron chi connectivity index (χ4n) is 2.45. The molecule has 0 amide bonds. The van der Waals surface area contributed by atoms with E-state index in [1.807, 2.05) is 0 Å². The van der Waals surface area contributed by atoms with Gasteiger partial charge in [0.15, 0.2) is 0 Å². The van der Waals surface area contributed by atoms with E-state index < -0.39 is 0 Å². The average Bonchev–Trinajstić information content (AvgIpc) is 2.24. The number of rotatable bonds is 8. The third-order valence-electron chi connectivity index (χ3n) is 4.35. The molecule has 0 saturated heterocycles. The van der Waals surface area contributed by atoms with E-state index >= 15 is 0 Å². The number of aliphatic hydroxyl groups excluding tert-OH is 1. The van der Waals surface area contributed by atoms with E-state index in [1.165, 1.54) is 32.1 Å². The van der Waals surface area contributed by atoms with Gasteiger partial charge in [0.05, 0.1) is 6.61 Å². The zero-order valence-corrected chi connectivity index (χ0v) is 11.7. The standard InChI is InChI=1S/C13H27NOS/c1-3-13(4-2,11-16)10-14(8-9-15)12-6-5-7-12/h12,15-16H,3-11H2,1-2H3. The molecule has 0 radical (unpaired) electrons. The molecule has 1 fully saturated rings. The minimum Gasteiger partial charge on any atom is -0.395 e. The van der Waals surface area contributed by atoms with Gasteiger partial charge in [0.25, 0.3) is 0 Å². The van der Waals surface area contributed by atoms with Gasteiger partial charge in [-0.1, -0.05) is 20.3 Å². The Morgan fingerprint density at radius 2 is 1.94 bits per heavy atom. The highest BCUT2D eigenvalue weighted by molar-refractivity contribution is 7.80. The molecule has 3 heteroatoms. The van der Waals surface area contributed by atoms with Gasteiger partial charge in [-0.2, -0.15) is 12.6 Å². The largest absolute Gasteiger partial charge is 0.395 e. The molecule has 0 bridgehead atoms. The van der Waals surface area contributed by atoms with Crippen LogP contribution in [0.4, 0.5) is 0 Å². The van der Waals surface area contributed by atoms with Crippen LogP contribution in [0.15, 0.2) is 0 Å². The third kappa shape index (κ3) is 3.38. The highest BCUT2D eigenvalue weighted by Gasteiger charge is 2.32. The van der Waals surface area contributed by atoms with E-state index in [4.69, 9.17) is 5.11 Å². The molecule has 0 atom stereocenters. The van der Waals surface area contributed by atoms with Crippen LogP contribution in [0.5, 0.6) is 0 Å². The quantitative estimate of drug-likeness (QED) is 0.642. The topological polar surface area (TPSA) is 23.5 Å². The van der Waals surface area contributed by atoms with Gasteiger partial charge < -0.3 is 5.11 Å². The van der Waals surface area contributed by atoms with Crippen LogP contribution in [0, 0.1) is 5.41 Å². The molecule has 0 aromatic rings. The molecule has 0 unspecified atom stereocenters. The average molecular weight is 245 g/mol. The van der Waals surface area contributed by atoms with Gasteiger partial charge >= 0.3 is 0 Å². The van der Waals surface area contributed by atoms with Crippen molar-refractivity contribution in [2.75, 3.05) is 25.4 Å². The summed E-state index contributed by atoms with van der Waals surface area (Å²) in [5.41, 5.74) is 0.341. The van der Waals surface area contributed by atoms with Crippen LogP contribution in [0.25, 0.3) is 0 Å². The van der Waals surface area contributed by atoms with Crippen molar-refractivity contribution >= 4 is 12.6 Å². The first-order valence-electron chi connectivity index (χ1n) is 6.67. The van der Waals surface area contributed by atoms with Crippen molar-refractivity contribution < 1.29 is 5.11 Å². The normalized spacial score (nSPS) is 17.8. The molecule has 2 nitrogen and oxygen atoms in total. The summed E-state index contributed by atoms with van der Waals surface area (Å²) in [7, 11) is 0. The molecular weight excluding hydrogens is 218 g/mol. The van der Waals surface area contributed by atoms with E-state index in [0.29, 0.717) is 5.41 Å². The molecule has 1 aliphatic carbocycles. The third-order valence-corrected chi connectivity index (χ3v) is 5.02. The van der Waals surface area contributed by atoms with Crippen molar-refractivity contribution in [2.24, 2.45) is 5.41 Å². The molecule has 1 N–H and O–H groups in total. The highest BCUT2D eigenvalue weighted by Crippen LogP contribution is 2.33. The second-order valence-corrected chi connectivity index (χ2v) is 5.46. The molecule has 1 rings (SSSR count). The Morgan fingerprint density at radius 3 is 2.25 bits per heavy atom. The second kappa shape index (κ2) is 6.87. The lowest BCUT2D eigenvalue weighted by Gasteiger charge is -2.43. The summed E-state index contributed by atoms with van der Waals surface area (Å²) < 4.78 is 0. The monoisotopic (exact) mass is 245 g/mol. The van der Waals surface area contributed by atoms with Crippen LogP contribution in [0.3, 0.4) is 0 Å². The van der Waals surface area contributed by atoms with Gasteiger partial charge in [0.2, 0.25) is 0 Å².